The molecule has 0 aromatic heterocycles. The highest BCUT2D eigenvalue weighted by atomic mass is 32.2. The summed E-state index contributed by atoms with van der Waals surface area (Å²) in [6, 6.07) is 13.0. The Morgan fingerprint density at radius 1 is 1.03 bits per heavy atom. The molecule has 1 aliphatic heterocycles. The minimum absolute atomic E-state index is 0.208. The highest BCUT2D eigenvalue weighted by molar-refractivity contribution is 8.26. The molecule has 0 aliphatic carbocycles. The topological polar surface area (TPSA) is 66.0 Å². The molecule has 8 heteroatoms. The van der Waals surface area contributed by atoms with Crippen molar-refractivity contribution in [2.24, 2.45) is 0 Å². The first-order valence-electron chi connectivity index (χ1n) is 8.92. The van der Waals surface area contributed by atoms with Gasteiger partial charge in [-0.25, -0.2) is 0 Å². The number of carbonyl (C=O) groups excluding carboxylic acids is 1. The molecule has 0 unspecified atom stereocenters. The van der Waals surface area contributed by atoms with Crippen LogP contribution >= 0.6 is 24.0 Å². The number of nitrogens with one attached hydrogen (secondary N) is 1. The number of carbonyl (C=O) groups is 1. The summed E-state index contributed by atoms with van der Waals surface area (Å²) in [5.41, 5.74) is 0.750. The van der Waals surface area contributed by atoms with Crippen LogP contribution in [0.3, 0.4) is 0 Å². The van der Waals surface area contributed by atoms with Crippen molar-refractivity contribution < 1.29 is 23.7 Å². The lowest BCUT2D eigenvalue weighted by molar-refractivity contribution is -0.115. The van der Waals surface area contributed by atoms with Crippen molar-refractivity contribution in [2.75, 3.05) is 27.4 Å². The third-order valence-electron chi connectivity index (χ3n) is 4.00. The Balaban J connectivity index is 1.61. The summed E-state index contributed by atoms with van der Waals surface area (Å²) >= 11 is 6.27. The van der Waals surface area contributed by atoms with E-state index in [0.717, 1.165) is 17.1 Å². The summed E-state index contributed by atoms with van der Waals surface area (Å²) in [7, 11) is 3.20. The predicted octanol–water partition coefficient (Wildman–Crippen LogP) is 4.04. The molecule has 1 aliphatic rings. The average Bonchev–Trinajstić information content (AvgIpc) is 3.05. The van der Waals surface area contributed by atoms with E-state index in [2.05, 4.69) is 5.32 Å². The van der Waals surface area contributed by atoms with Gasteiger partial charge in [0.05, 0.1) is 32.3 Å². The summed E-state index contributed by atoms with van der Waals surface area (Å²) in [4.78, 5) is 12.5. The van der Waals surface area contributed by atoms with Crippen LogP contribution in [0.15, 0.2) is 47.4 Å². The molecule has 1 N–H and O–H groups in total. The van der Waals surface area contributed by atoms with Crippen molar-refractivity contribution >= 4 is 40.3 Å². The first-order chi connectivity index (χ1) is 14.1. The fourth-order valence-corrected chi connectivity index (χ4v) is 3.67. The molecule has 1 amide bonds. The molecule has 1 fully saturated rings. The molecule has 2 aromatic rings. The predicted molar refractivity (Wildman–Crippen MR) is 118 cm³/mol. The zero-order valence-electron chi connectivity index (χ0n) is 16.1. The molecule has 29 heavy (non-hydrogen) atoms. The molecular formula is C21H21NO5S2. The van der Waals surface area contributed by atoms with E-state index in [9.17, 15) is 4.79 Å². The molecule has 1 heterocycles. The number of hydrogen-bond acceptors (Lipinski definition) is 7. The second-order valence-electron chi connectivity index (χ2n) is 5.96. The van der Waals surface area contributed by atoms with Gasteiger partial charge in [-0.15, -0.1) is 0 Å². The van der Waals surface area contributed by atoms with E-state index in [4.69, 9.17) is 31.2 Å². The fraction of sp³-hybridized carbons (Fsp3) is 0.238. The van der Waals surface area contributed by atoms with Gasteiger partial charge >= 0.3 is 0 Å². The van der Waals surface area contributed by atoms with Crippen molar-refractivity contribution in [3.63, 3.8) is 0 Å². The van der Waals surface area contributed by atoms with Crippen molar-refractivity contribution in [3.8, 4) is 23.0 Å². The monoisotopic (exact) mass is 431 g/mol. The van der Waals surface area contributed by atoms with Crippen LogP contribution in [0.25, 0.3) is 6.08 Å². The van der Waals surface area contributed by atoms with Gasteiger partial charge in [-0.3, -0.25) is 4.79 Å². The molecule has 1 saturated heterocycles. The Bertz CT molecular complexity index is 929. The SMILES string of the molecule is COc1cccc(OCCCOc2c(/C=C3\SC(=S)NC3=O)cccc2OC)c1. The lowest BCUT2D eigenvalue weighted by Crippen LogP contribution is -2.17. The zero-order chi connectivity index (χ0) is 20.6. The molecule has 0 bridgehead atoms. The maximum Gasteiger partial charge on any atom is 0.263 e. The van der Waals surface area contributed by atoms with Gasteiger partial charge < -0.3 is 24.3 Å². The van der Waals surface area contributed by atoms with Crippen molar-refractivity contribution in [1.29, 1.82) is 0 Å². The highest BCUT2D eigenvalue weighted by Crippen LogP contribution is 2.35. The lowest BCUT2D eigenvalue weighted by Gasteiger charge is -2.14. The second-order valence-corrected chi connectivity index (χ2v) is 7.68. The number of para-hydroxylation sites is 1. The van der Waals surface area contributed by atoms with Gasteiger partial charge in [0.1, 0.15) is 15.8 Å². The fourth-order valence-electron chi connectivity index (χ4n) is 2.64. The Kier molecular flexibility index (Phi) is 7.37. The quantitative estimate of drug-likeness (QED) is 0.365. The van der Waals surface area contributed by atoms with E-state index in [1.807, 2.05) is 42.5 Å². The van der Waals surface area contributed by atoms with Crippen LogP contribution in [0.2, 0.25) is 0 Å². The number of thiocarbonyl (C=S) groups is 1. The third-order valence-corrected chi connectivity index (χ3v) is 5.17. The molecule has 6 nitrogen and oxygen atoms in total. The summed E-state index contributed by atoms with van der Waals surface area (Å²) in [6.45, 7) is 0.920. The summed E-state index contributed by atoms with van der Waals surface area (Å²) < 4.78 is 22.7. The normalized spacial score (nSPS) is 14.6. The van der Waals surface area contributed by atoms with Gasteiger partial charge in [0.15, 0.2) is 11.5 Å². The Morgan fingerprint density at radius 3 is 2.52 bits per heavy atom. The Morgan fingerprint density at radius 2 is 1.79 bits per heavy atom. The van der Waals surface area contributed by atoms with Crippen LogP contribution in [-0.2, 0) is 4.79 Å². The van der Waals surface area contributed by atoms with Crippen LogP contribution in [-0.4, -0.2) is 37.7 Å². The number of rotatable bonds is 9. The minimum Gasteiger partial charge on any atom is -0.497 e. The van der Waals surface area contributed by atoms with E-state index in [-0.39, 0.29) is 5.91 Å². The first kappa shape index (κ1) is 21.0. The van der Waals surface area contributed by atoms with Crippen molar-refractivity contribution in [1.82, 2.24) is 5.32 Å². The minimum atomic E-state index is -0.208. The van der Waals surface area contributed by atoms with Gasteiger partial charge in [0.25, 0.3) is 5.91 Å². The molecule has 3 rings (SSSR count). The first-order valence-corrected chi connectivity index (χ1v) is 10.1. The highest BCUT2D eigenvalue weighted by Gasteiger charge is 2.23. The van der Waals surface area contributed by atoms with Gasteiger partial charge in [-0.1, -0.05) is 42.2 Å². The second kappa shape index (κ2) is 10.2. The van der Waals surface area contributed by atoms with Crippen LogP contribution in [0.4, 0.5) is 0 Å². The molecular weight excluding hydrogens is 410 g/mol. The number of hydrogen-bond donors (Lipinski definition) is 1. The summed E-state index contributed by atoms with van der Waals surface area (Å²) in [5.74, 6) is 2.46. The molecule has 2 aromatic carbocycles. The number of thioether (sulfide) groups is 1. The number of methoxy groups -OCH3 is 2. The molecule has 0 atom stereocenters. The van der Waals surface area contributed by atoms with Crippen molar-refractivity contribution in [3.05, 3.63) is 52.9 Å². The largest absolute Gasteiger partial charge is 0.497 e. The molecule has 0 saturated carbocycles. The van der Waals surface area contributed by atoms with E-state index in [1.165, 1.54) is 11.8 Å². The smallest absolute Gasteiger partial charge is 0.263 e. The number of ether oxygens (including phenoxy) is 4. The van der Waals surface area contributed by atoms with E-state index < -0.39 is 0 Å². The standard InChI is InChI=1S/C21H21NO5S2/c1-24-15-7-4-8-16(13-15)26-10-5-11-27-19-14(6-3-9-17(19)25-2)12-18-20(23)22-21(28)29-18/h3-4,6-9,12-13H,5,10-11H2,1-2H3,(H,22,23,28)/b18-12-. The maximum atomic E-state index is 11.9. The van der Waals surface area contributed by atoms with Crippen LogP contribution in [0, 0.1) is 0 Å². The van der Waals surface area contributed by atoms with E-state index >= 15 is 0 Å². The average molecular weight is 432 g/mol. The Hall–Kier alpha value is -2.71. The third kappa shape index (κ3) is 5.65. The van der Waals surface area contributed by atoms with Crippen LogP contribution < -0.4 is 24.3 Å². The molecule has 0 spiro atoms. The van der Waals surface area contributed by atoms with E-state index in [1.54, 1.807) is 20.3 Å². The van der Waals surface area contributed by atoms with Crippen LogP contribution in [0.1, 0.15) is 12.0 Å². The van der Waals surface area contributed by atoms with Crippen LogP contribution in [0.5, 0.6) is 23.0 Å². The zero-order valence-corrected chi connectivity index (χ0v) is 17.7. The van der Waals surface area contributed by atoms with Crippen molar-refractivity contribution in [2.45, 2.75) is 6.42 Å². The van der Waals surface area contributed by atoms with Gasteiger partial charge in [0, 0.05) is 18.1 Å². The molecule has 152 valence electrons. The summed E-state index contributed by atoms with van der Waals surface area (Å²) in [6.07, 6.45) is 2.43. The molecule has 0 radical (unpaired) electrons. The summed E-state index contributed by atoms with van der Waals surface area (Å²) in [5, 5.41) is 2.61. The number of benzene rings is 2. The Labute approximate surface area is 179 Å². The van der Waals surface area contributed by atoms with E-state index in [0.29, 0.717) is 40.4 Å². The van der Waals surface area contributed by atoms with Gasteiger partial charge in [-0.05, 0) is 24.3 Å². The van der Waals surface area contributed by atoms with Gasteiger partial charge in [0.2, 0.25) is 0 Å². The number of amides is 1. The van der Waals surface area contributed by atoms with Gasteiger partial charge in [-0.2, -0.15) is 0 Å². The maximum absolute atomic E-state index is 11.9. The lowest BCUT2D eigenvalue weighted by atomic mass is 10.1.